The molecule has 2 aromatic rings. The predicted octanol–water partition coefficient (Wildman–Crippen LogP) is 0.376. The van der Waals surface area contributed by atoms with Gasteiger partial charge in [-0.2, -0.15) is 5.10 Å². The number of nitrogens with zero attached hydrogens (tertiary/aromatic N) is 2. The van der Waals surface area contributed by atoms with Crippen molar-refractivity contribution in [2.75, 3.05) is 6.54 Å². The maximum Gasteiger partial charge on any atom is 0.258 e. The molecule has 0 atom stereocenters. The van der Waals surface area contributed by atoms with Gasteiger partial charge in [-0.3, -0.25) is 5.10 Å². The number of H-pyrrole nitrogens is 1. The highest BCUT2D eigenvalue weighted by molar-refractivity contribution is 7.89. The molecule has 110 valence electrons. The highest BCUT2D eigenvalue weighted by Gasteiger charge is 2.20. The topological polar surface area (TPSA) is 113 Å². The van der Waals surface area contributed by atoms with Crippen LogP contribution < -0.4 is 10.0 Å². The van der Waals surface area contributed by atoms with E-state index >= 15 is 0 Å². The van der Waals surface area contributed by atoms with Gasteiger partial charge < -0.3 is 9.84 Å². The molecule has 0 aromatic carbocycles. The van der Waals surface area contributed by atoms with Crippen molar-refractivity contribution >= 4 is 10.0 Å². The average molecular weight is 299 g/mol. The lowest BCUT2D eigenvalue weighted by Gasteiger charge is -2.06. The van der Waals surface area contributed by atoms with E-state index in [9.17, 15) is 8.42 Å². The zero-order chi connectivity index (χ0) is 14.4. The van der Waals surface area contributed by atoms with Crippen molar-refractivity contribution in [2.45, 2.75) is 31.5 Å². The van der Waals surface area contributed by atoms with Crippen LogP contribution in [0.2, 0.25) is 0 Å². The van der Waals surface area contributed by atoms with Gasteiger partial charge in [0.15, 0.2) is 10.8 Å². The summed E-state index contributed by atoms with van der Waals surface area (Å²) in [6.45, 7) is 3.35. The van der Waals surface area contributed by atoms with E-state index < -0.39 is 10.0 Å². The van der Waals surface area contributed by atoms with Gasteiger partial charge in [0, 0.05) is 18.2 Å². The largest absolute Gasteiger partial charge is 0.360 e. The van der Waals surface area contributed by atoms with Gasteiger partial charge in [0.1, 0.15) is 0 Å². The third kappa shape index (κ3) is 3.65. The van der Waals surface area contributed by atoms with Crippen molar-refractivity contribution < 1.29 is 12.9 Å². The molecule has 0 bridgehead atoms. The first kappa shape index (κ1) is 14.7. The standard InChI is InChI=1S/C11H17N5O3S/c1-2-4-12-6-9-7-13-16-11(9)20(17,18)15-8-10-3-5-14-19-10/h3,5,7,12,15H,2,4,6,8H2,1H3,(H,13,16). The van der Waals surface area contributed by atoms with Gasteiger partial charge in [0.25, 0.3) is 10.0 Å². The first-order valence-corrected chi connectivity index (χ1v) is 7.74. The third-order valence-electron chi connectivity index (χ3n) is 2.62. The maximum absolute atomic E-state index is 12.2. The summed E-state index contributed by atoms with van der Waals surface area (Å²) in [6.07, 6.45) is 3.94. The summed E-state index contributed by atoms with van der Waals surface area (Å²) in [5, 5.41) is 13.0. The SMILES string of the molecule is CCCNCc1cn[nH]c1S(=O)(=O)NCc1ccno1. The van der Waals surface area contributed by atoms with Gasteiger partial charge in [-0.25, -0.2) is 13.1 Å². The number of nitrogens with one attached hydrogen (secondary N) is 3. The fourth-order valence-corrected chi connectivity index (χ4v) is 2.75. The van der Waals surface area contributed by atoms with Crippen LogP contribution in [0.4, 0.5) is 0 Å². The van der Waals surface area contributed by atoms with Crippen molar-refractivity contribution in [3.05, 3.63) is 29.8 Å². The quantitative estimate of drug-likeness (QED) is 0.607. The lowest BCUT2D eigenvalue weighted by Crippen LogP contribution is -2.25. The van der Waals surface area contributed by atoms with Gasteiger partial charge in [0.2, 0.25) is 0 Å². The van der Waals surface area contributed by atoms with E-state index in [1.54, 1.807) is 6.07 Å². The van der Waals surface area contributed by atoms with Crippen LogP contribution in [0.5, 0.6) is 0 Å². The second-order valence-corrected chi connectivity index (χ2v) is 5.91. The van der Waals surface area contributed by atoms with E-state index in [-0.39, 0.29) is 11.6 Å². The molecule has 0 aliphatic heterocycles. The molecule has 0 saturated heterocycles. The Balaban J connectivity index is 2.03. The highest BCUT2D eigenvalue weighted by atomic mass is 32.2. The molecule has 0 fully saturated rings. The molecule has 2 aromatic heterocycles. The number of aromatic nitrogens is 3. The third-order valence-corrected chi connectivity index (χ3v) is 4.03. The molecule has 0 aliphatic carbocycles. The normalized spacial score (nSPS) is 11.8. The molecule has 2 rings (SSSR count). The zero-order valence-electron chi connectivity index (χ0n) is 11.1. The van der Waals surface area contributed by atoms with Crippen molar-refractivity contribution in [3.63, 3.8) is 0 Å². The average Bonchev–Trinajstić information content (AvgIpc) is 3.08. The Labute approximate surface area is 117 Å². The van der Waals surface area contributed by atoms with Crippen LogP contribution in [0.1, 0.15) is 24.7 Å². The molecule has 0 saturated carbocycles. The monoisotopic (exact) mass is 299 g/mol. The smallest absolute Gasteiger partial charge is 0.258 e. The Morgan fingerprint density at radius 3 is 2.95 bits per heavy atom. The van der Waals surface area contributed by atoms with Crippen LogP contribution in [0.25, 0.3) is 0 Å². The number of hydrogen-bond acceptors (Lipinski definition) is 6. The maximum atomic E-state index is 12.2. The molecule has 9 heteroatoms. The Morgan fingerprint density at radius 1 is 1.40 bits per heavy atom. The van der Waals surface area contributed by atoms with Crippen molar-refractivity contribution in [1.82, 2.24) is 25.4 Å². The number of sulfonamides is 1. The van der Waals surface area contributed by atoms with Gasteiger partial charge >= 0.3 is 0 Å². The van der Waals surface area contributed by atoms with Gasteiger partial charge in [-0.15, -0.1) is 0 Å². The number of hydrogen-bond donors (Lipinski definition) is 3. The van der Waals surface area contributed by atoms with Crippen LogP contribution in [0.3, 0.4) is 0 Å². The van der Waals surface area contributed by atoms with Crippen LogP contribution in [0.15, 0.2) is 28.0 Å². The Morgan fingerprint density at radius 2 is 2.25 bits per heavy atom. The molecule has 0 aliphatic rings. The molecule has 3 N–H and O–H groups in total. The van der Waals surface area contributed by atoms with Crippen LogP contribution in [0, 0.1) is 0 Å². The molecule has 0 spiro atoms. The molecule has 20 heavy (non-hydrogen) atoms. The molecule has 0 radical (unpaired) electrons. The molecule has 0 unspecified atom stereocenters. The fourth-order valence-electron chi connectivity index (χ4n) is 1.63. The minimum Gasteiger partial charge on any atom is -0.360 e. The molecule has 0 amide bonds. The van der Waals surface area contributed by atoms with E-state index in [2.05, 4.69) is 25.4 Å². The second-order valence-electron chi connectivity index (χ2n) is 4.20. The van der Waals surface area contributed by atoms with Crippen molar-refractivity contribution in [1.29, 1.82) is 0 Å². The summed E-state index contributed by atoms with van der Waals surface area (Å²) < 4.78 is 31.6. The molecular weight excluding hydrogens is 282 g/mol. The van der Waals surface area contributed by atoms with Crippen molar-refractivity contribution in [3.8, 4) is 0 Å². The van der Waals surface area contributed by atoms with E-state index in [0.29, 0.717) is 17.9 Å². The highest BCUT2D eigenvalue weighted by Crippen LogP contribution is 2.12. The van der Waals surface area contributed by atoms with Gasteiger partial charge in [-0.1, -0.05) is 12.1 Å². The predicted molar refractivity (Wildman–Crippen MR) is 71.1 cm³/mol. The van der Waals surface area contributed by atoms with Gasteiger partial charge in [-0.05, 0) is 13.0 Å². The Hall–Kier alpha value is -1.71. The van der Waals surface area contributed by atoms with E-state index in [1.807, 2.05) is 6.92 Å². The Bertz CT molecular complexity index is 620. The van der Waals surface area contributed by atoms with E-state index in [0.717, 1.165) is 13.0 Å². The second kappa shape index (κ2) is 6.64. The molecule has 8 nitrogen and oxygen atoms in total. The minimum atomic E-state index is -3.66. The summed E-state index contributed by atoms with van der Waals surface area (Å²) in [5.41, 5.74) is 0.600. The summed E-state index contributed by atoms with van der Waals surface area (Å²) in [7, 11) is -3.66. The first-order valence-electron chi connectivity index (χ1n) is 6.25. The minimum absolute atomic E-state index is 0.0448. The lowest BCUT2D eigenvalue weighted by atomic mass is 10.3. The summed E-state index contributed by atoms with van der Waals surface area (Å²) >= 11 is 0. The summed E-state index contributed by atoms with van der Waals surface area (Å²) in [4.78, 5) is 0. The lowest BCUT2D eigenvalue weighted by molar-refractivity contribution is 0.380. The van der Waals surface area contributed by atoms with E-state index in [1.165, 1.54) is 12.4 Å². The van der Waals surface area contributed by atoms with E-state index in [4.69, 9.17) is 4.52 Å². The Kier molecular flexibility index (Phi) is 4.88. The number of rotatable bonds is 8. The van der Waals surface area contributed by atoms with Crippen LogP contribution in [-0.4, -0.2) is 30.3 Å². The number of aromatic amines is 1. The van der Waals surface area contributed by atoms with Gasteiger partial charge in [0.05, 0.1) is 18.9 Å². The van der Waals surface area contributed by atoms with Crippen LogP contribution in [-0.2, 0) is 23.1 Å². The summed E-state index contributed by atoms with van der Waals surface area (Å²) in [5.74, 6) is 0.443. The molecule has 2 heterocycles. The fraction of sp³-hybridized carbons (Fsp3) is 0.455. The molecular formula is C11H17N5O3S. The van der Waals surface area contributed by atoms with Crippen molar-refractivity contribution in [2.24, 2.45) is 0 Å². The first-order chi connectivity index (χ1) is 9.63. The summed E-state index contributed by atoms with van der Waals surface area (Å²) in [6, 6.07) is 1.60. The zero-order valence-corrected chi connectivity index (χ0v) is 11.9. The van der Waals surface area contributed by atoms with Crippen LogP contribution >= 0.6 is 0 Å².